The van der Waals surface area contributed by atoms with E-state index in [0.29, 0.717) is 19.3 Å². The van der Waals surface area contributed by atoms with Crippen molar-refractivity contribution >= 4 is 11.9 Å². The Bertz CT molecular complexity index is 845. The van der Waals surface area contributed by atoms with Crippen molar-refractivity contribution < 1.29 is 29.3 Å². The minimum atomic E-state index is -1.00. The molecule has 0 aromatic carbocycles. The van der Waals surface area contributed by atoms with Crippen LogP contribution in [0.1, 0.15) is 187 Å². The van der Waals surface area contributed by atoms with Gasteiger partial charge in [-0.25, -0.2) is 0 Å². The van der Waals surface area contributed by atoms with Gasteiger partial charge in [-0.05, 0) is 44.9 Å². The summed E-state index contributed by atoms with van der Waals surface area (Å²) in [4.78, 5) is 23.9. The van der Waals surface area contributed by atoms with Crippen LogP contribution in [-0.4, -0.2) is 47.6 Å². The molecule has 0 rings (SSSR count). The highest BCUT2D eigenvalue weighted by atomic mass is 16.6. The van der Waals surface area contributed by atoms with Crippen molar-refractivity contribution in [1.82, 2.24) is 0 Å². The van der Waals surface area contributed by atoms with E-state index < -0.39 is 12.2 Å². The third-order valence-electron chi connectivity index (χ3n) is 8.65. The number of ether oxygens (including phenoxy) is 2. The fourth-order valence-electron chi connectivity index (χ4n) is 5.51. The third-order valence-corrected chi connectivity index (χ3v) is 8.65. The van der Waals surface area contributed by atoms with Gasteiger partial charge in [-0.15, -0.1) is 0 Å². The summed E-state index contributed by atoms with van der Waals surface area (Å²) in [6.07, 6.45) is 44.8. The number of carbonyl (C=O) groups is 2. The molecular formula is C43H76O6. The van der Waals surface area contributed by atoms with Gasteiger partial charge in [0.2, 0.25) is 0 Å². The summed E-state index contributed by atoms with van der Waals surface area (Å²) in [7, 11) is 0. The number of aliphatic hydroxyl groups is 2. The lowest BCUT2D eigenvalue weighted by atomic mass is 10.0. The molecule has 2 atom stereocenters. The maximum absolute atomic E-state index is 12.0. The zero-order valence-electron chi connectivity index (χ0n) is 31.8. The lowest BCUT2D eigenvalue weighted by molar-refractivity contribution is -0.152. The van der Waals surface area contributed by atoms with Gasteiger partial charge in [0.25, 0.3) is 0 Å². The summed E-state index contributed by atoms with van der Waals surface area (Å²) in [6, 6.07) is 0. The van der Waals surface area contributed by atoms with Crippen LogP contribution in [0.4, 0.5) is 0 Å². The van der Waals surface area contributed by atoms with Crippen LogP contribution in [0.5, 0.6) is 0 Å². The smallest absolute Gasteiger partial charge is 0.305 e. The van der Waals surface area contributed by atoms with Gasteiger partial charge in [0.15, 0.2) is 0 Å². The van der Waals surface area contributed by atoms with Gasteiger partial charge in [0, 0.05) is 12.8 Å². The molecule has 0 spiro atoms. The van der Waals surface area contributed by atoms with Gasteiger partial charge < -0.3 is 19.7 Å². The molecule has 0 amide bonds. The molecule has 0 heterocycles. The zero-order valence-corrected chi connectivity index (χ0v) is 31.8. The maximum Gasteiger partial charge on any atom is 0.305 e. The third kappa shape index (κ3) is 38.5. The Hall–Kier alpha value is -2.18. The minimum absolute atomic E-state index is 0.148. The molecule has 0 radical (unpaired) electrons. The Morgan fingerprint density at radius 3 is 1.51 bits per heavy atom. The van der Waals surface area contributed by atoms with Gasteiger partial charge in [-0.2, -0.15) is 0 Å². The first-order chi connectivity index (χ1) is 24.0. The van der Waals surface area contributed by atoms with E-state index in [1.54, 1.807) is 0 Å². The van der Waals surface area contributed by atoms with Crippen LogP contribution >= 0.6 is 0 Å². The molecule has 0 aromatic rings. The fourth-order valence-corrected chi connectivity index (χ4v) is 5.51. The van der Waals surface area contributed by atoms with Crippen molar-refractivity contribution in [1.29, 1.82) is 0 Å². The molecule has 284 valence electrons. The van der Waals surface area contributed by atoms with E-state index in [1.807, 2.05) is 42.5 Å². The zero-order chi connectivity index (χ0) is 35.9. The Kier molecular flexibility index (Phi) is 36.9. The van der Waals surface area contributed by atoms with Gasteiger partial charge >= 0.3 is 11.9 Å². The second-order valence-electron chi connectivity index (χ2n) is 13.6. The second-order valence-corrected chi connectivity index (χ2v) is 13.6. The molecule has 0 aliphatic carbocycles. The van der Waals surface area contributed by atoms with Crippen LogP contribution in [0.3, 0.4) is 0 Å². The first-order valence-corrected chi connectivity index (χ1v) is 20.3. The van der Waals surface area contributed by atoms with Crippen LogP contribution in [0.15, 0.2) is 48.6 Å². The standard InChI is InChI=1S/C43H76O6/c1-3-5-7-9-11-12-13-14-15-16-17-18-19-20-24-28-32-36-42(46)48-38-41(45)39-49-43(47)37-33-29-25-21-23-27-31-35-40(44)34-30-26-22-10-8-6-4-2/h21-22,25-27,30-31,34,40-41,44-45H,3-20,23-24,28-29,32-33,35-39H2,1-2H3/b25-21+,26-22-,31-27-,34-30-/t40-,41-/m1/s1. The van der Waals surface area contributed by atoms with Gasteiger partial charge in [-0.1, -0.05) is 178 Å². The number of hydrogen-bond acceptors (Lipinski definition) is 6. The van der Waals surface area contributed by atoms with E-state index >= 15 is 0 Å². The first-order valence-electron chi connectivity index (χ1n) is 20.3. The number of rotatable bonds is 36. The number of hydrogen-bond donors (Lipinski definition) is 2. The highest BCUT2D eigenvalue weighted by Crippen LogP contribution is 2.14. The predicted molar refractivity (Wildman–Crippen MR) is 206 cm³/mol. The van der Waals surface area contributed by atoms with E-state index in [0.717, 1.165) is 38.5 Å². The van der Waals surface area contributed by atoms with Crippen LogP contribution in [0, 0.1) is 0 Å². The van der Waals surface area contributed by atoms with Crippen LogP contribution < -0.4 is 0 Å². The summed E-state index contributed by atoms with van der Waals surface area (Å²) in [6.45, 7) is 4.16. The number of unbranched alkanes of at least 4 members (excludes halogenated alkanes) is 20. The molecule has 2 N–H and O–H groups in total. The fraction of sp³-hybridized carbons (Fsp3) is 0.767. The van der Waals surface area contributed by atoms with Gasteiger partial charge in [0.1, 0.15) is 19.3 Å². The van der Waals surface area contributed by atoms with Crippen molar-refractivity contribution in [3.8, 4) is 0 Å². The van der Waals surface area contributed by atoms with E-state index in [2.05, 4.69) is 19.9 Å². The molecule has 0 aliphatic heterocycles. The largest absolute Gasteiger partial charge is 0.463 e. The molecule has 0 saturated carbocycles. The van der Waals surface area contributed by atoms with E-state index in [4.69, 9.17) is 9.47 Å². The van der Waals surface area contributed by atoms with Gasteiger partial charge in [0.05, 0.1) is 6.10 Å². The van der Waals surface area contributed by atoms with E-state index in [9.17, 15) is 19.8 Å². The highest BCUT2D eigenvalue weighted by molar-refractivity contribution is 5.69. The summed E-state index contributed by atoms with van der Waals surface area (Å²) in [5.74, 6) is -0.665. The number of esters is 2. The lowest BCUT2D eigenvalue weighted by Gasteiger charge is -2.12. The maximum atomic E-state index is 12.0. The predicted octanol–water partition coefficient (Wildman–Crippen LogP) is 11.6. The number of aliphatic hydroxyl groups excluding tert-OH is 2. The van der Waals surface area contributed by atoms with Crippen molar-refractivity contribution in [2.45, 2.75) is 199 Å². The molecule has 6 nitrogen and oxygen atoms in total. The van der Waals surface area contributed by atoms with Crippen LogP contribution in [-0.2, 0) is 19.1 Å². The average molecular weight is 689 g/mol. The van der Waals surface area contributed by atoms with Crippen LogP contribution in [0.25, 0.3) is 0 Å². The molecular weight excluding hydrogens is 612 g/mol. The van der Waals surface area contributed by atoms with Gasteiger partial charge in [-0.3, -0.25) is 9.59 Å². The number of allylic oxidation sites excluding steroid dienone is 6. The quantitative estimate of drug-likeness (QED) is 0.0294. The molecule has 0 aromatic heterocycles. The van der Waals surface area contributed by atoms with Crippen molar-refractivity contribution in [3.63, 3.8) is 0 Å². The lowest BCUT2D eigenvalue weighted by Crippen LogP contribution is -2.25. The summed E-state index contributed by atoms with van der Waals surface area (Å²) in [5.41, 5.74) is 0. The van der Waals surface area contributed by atoms with E-state index in [-0.39, 0.29) is 31.6 Å². The second kappa shape index (κ2) is 38.6. The Labute approximate surface area is 301 Å². The molecule has 0 bridgehead atoms. The van der Waals surface area contributed by atoms with Crippen molar-refractivity contribution in [2.75, 3.05) is 13.2 Å². The topological polar surface area (TPSA) is 93.1 Å². The number of carbonyl (C=O) groups excluding carboxylic acids is 2. The molecule has 49 heavy (non-hydrogen) atoms. The summed E-state index contributed by atoms with van der Waals surface area (Å²) >= 11 is 0. The average Bonchev–Trinajstić information content (AvgIpc) is 3.10. The molecule has 0 aliphatic rings. The first kappa shape index (κ1) is 46.8. The summed E-state index contributed by atoms with van der Waals surface area (Å²) in [5, 5.41) is 20.0. The summed E-state index contributed by atoms with van der Waals surface area (Å²) < 4.78 is 10.3. The van der Waals surface area contributed by atoms with Crippen molar-refractivity contribution in [3.05, 3.63) is 48.6 Å². The Morgan fingerprint density at radius 2 is 0.959 bits per heavy atom. The molecule has 0 fully saturated rings. The molecule has 6 heteroatoms. The normalized spacial score (nSPS) is 13.3. The van der Waals surface area contributed by atoms with Crippen molar-refractivity contribution in [2.24, 2.45) is 0 Å². The monoisotopic (exact) mass is 689 g/mol. The highest BCUT2D eigenvalue weighted by Gasteiger charge is 2.12. The molecule has 0 saturated heterocycles. The Morgan fingerprint density at radius 1 is 0.510 bits per heavy atom. The van der Waals surface area contributed by atoms with Crippen LogP contribution in [0.2, 0.25) is 0 Å². The molecule has 0 unspecified atom stereocenters. The SMILES string of the molecule is CCCCC/C=C\C=C/[C@@H](O)C/C=C\C/C=C/CCCC(=O)OC[C@H](O)COC(=O)CCCCCCCCCCCCCCCCCCC. The Balaban J connectivity index is 3.57. The minimum Gasteiger partial charge on any atom is -0.463 e. The van der Waals surface area contributed by atoms with E-state index in [1.165, 1.54) is 109 Å².